The van der Waals surface area contributed by atoms with Gasteiger partial charge in [-0.15, -0.1) is 0 Å². The van der Waals surface area contributed by atoms with Crippen LogP contribution >= 0.6 is 0 Å². The molecule has 1 saturated heterocycles. The Kier molecular flexibility index (Phi) is 12.6. The van der Waals surface area contributed by atoms with Gasteiger partial charge >= 0.3 is 12.2 Å². The van der Waals surface area contributed by atoms with E-state index in [0.717, 1.165) is 24.0 Å². The summed E-state index contributed by atoms with van der Waals surface area (Å²) in [4.78, 5) is 59.6. The molecule has 3 saturated carbocycles. The van der Waals surface area contributed by atoms with E-state index in [1.54, 1.807) is 77.1 Å². The fraction of sp³-hybridized carbons (Fsp3) is 0.469. The third-order valence-corrected chi connectivity index (χ3v) is 14.0. The molecule has 3 amide bonds. The molecule has 0 bridgehead atoms. The number of aryl methyl sites for hydroxylation is 1. The summed E-state index contributed by atoms with van der Waals surface area (Å²) in [7, 11) is 0. The molecule has 0 spiro atoms. The minimum Gasteiger partial charge on any atom is -0.443 e. The molecule has 0 radical (unpaired) electrons. The first-order valence-corrected chi connectivity index (χ1v) is 24.7. The van der Waals surface area contributed by atoms with Crippen molar-refractivity contribution in [3.63, 3.8) is 0 Å². The standard InChI is InChI=1S/C49H56F2N16O6/c1-26(2)54-47(69)72-36-9-7-30(41(36)50)32-21-38(61-60-32)57-43-35-20-33(45(68)64-16-18-71-19-17-64)62-67(35)25-29(56-43)24-66-34(31-8-10-37(42(31)51)73-48(70)59-49(4)11-12-49)22-39(63-66)58-46-55-27(3)40(28-6-5-13-52-23-28)44-53-14-15-65(44)46/h5-6,13-15,20-23,25-26,30-31,36-37,41-42H,7-12,16-19,24H2,1-4H3,(H,54,69)(H,59,70)(H,55,58,63)(H2,56,57,60,61)/t30-,31-,36-,37-,41+,42+/m1/s1. The number of alkyl halides is 2. The summed E-state index contributed by atoms with van der Waals surface area (Å²) < 4.78 is 54.3. The third-order valence-electron chi connectivity index (χ3n) is 14.0. The topological polar surface area (TPSA) is 250 Å². The van der Waals surface area contributed by atoms with Gasteiger partial charge in [-0.1, -0.05) is 6.07 Å². The van der Waals surface area contributed by atoms with E-state index in [1.807, 2.05) is 30.4 Å². The van der Waals surface area contributed by atoms with Gasteiger partial charge in [-0.2, -0.15) is 15.3 Å². The number of fused-ring (bicyclic) bond motifs is 2. The second kappa shape index (κ2) is 19.3. The van der Waals surface area contributed by atoms with Gasteiger partial charge in [0, 0.05) is 102 Å². The maximum Gasteiger partial charge on any atom is 0.407 e. The molecule has 4 fully saturated rings. The van der Waals surface area contributed by atoms with E-state index in [9.17, 15) is 14.4 Å². The van der Waals surface area contributed by atoms with Crippen LogP contribution in [-0.4, -0.2) is 139 Å². The zero-order valence-corrected chi connectivity index (χ0v) is 40.7. The van der Waals surface area contributed by atoms with Crippen LogP contribution in [0.1, 0.15) is 104 Å². The highest BCUT2D eigenvalue weighted by Gasteiger charge is 2.45. The van der Waals surface area contributed by atoms with Crippen LogP contribution in [0.5, 0.6) is 0 Å². The fourth-order valence-electron chi connectivity index (χ4n) is 10.0. The van der Waals surface area contributed by atoms with E-state index in [4.69, 9.17) is 34.4 Å². The zero-order valence-electron chi connectivity index (χ0n) is 40.7. The highest BCUT2D eigenvalue weighted by molar-refractivity contribution is 5.94. The molecule has 11 rings (SSSR count). The van der Waals surface area contributed by atoms with Gasteiger partial charge in [-0.25, -0.2) is 37.8 Å². The summed E-state index contributed by atoms with van der Waals surface area (Å²) >= 11 is 0. The molecule has 5 N–H and O–H groups in total. The molecule has 8 heterocycles. The van der Waals surface area contributed by atoms with Gasteiger partial charge in [-0.3, -0.25) is 24.0 Å². The van der Waals surface area contributed by atoms with E-state index in [1.165, 1.54) is 0 Å². The number of carbonyl (C=O) groups is 3. The summed E-state index contributed by atoms with van der Waals surface area (Å²) in [6, 6.07) is 8.72. The average molecular weight is 1000 g/mol. The maximum absolute atomic E-state index is 16.8. The van der Waals surface area contributed by atoms with Crippen molar-refractivity contribution < 1.29 is 37.4 Å². The molecule has 6 atom stereocenters. The van der Waals surface area contributed by atoms with Gasteiger partial charge < -0.3 is 40.4 Å². The first-order valence-electron chi connectivity index (χ1n) is 24.7. The van der Waals surface area contributed by atoms with Gasteiger partial charge in [-0.05, 0) is 72.3 Å². The molecule has 0 aromatic carbocycles. The molecular formula is C49H56F2N16O6. The Morgan fingerprint density at radius 3 is 2.45 bits per heavy atom. The Labute approximate surface area is 417 Å². The number of nitrogens with zero attached hydrogens (tertiary/aromatic N) is 11. The first-order chi connectivity index (χ1) is 35.3. The first kappa shape index (κ1) is 47.6. The Balaban J connectivity index is 0.927. The maximum atomic E-state index is 16.8. The lowest BCUT2D eigenvalue weighted by Gasteiger charge is -2.25. The summed E-state index contributed by atoms with van der Waals surface area (Å²) in [5.74, 6) is -0.278. The minimum atomic E-state index is -1.57. The number of hydrogen-bond acceptors (Lipinski definition) is 15. The summed E-state index contributed by atoms with van der Waals surface area (Å²) in [5, 5.41) is 29.3. The van der Waals surface area contributed by atoms with Crippen molar-refractivity contribution in [2.75, 3.05) is 36.9 Å². The number of ether oxygens (including phenoxy) is 3. The van der Waals surface area contributed by atoms with Crippen molar-refractivity contribution >= 4 is 52.7 Å². The van der Waals surface area contributed by atoms with Crippen LogP contribution in [0.4, 0.5) is 41.8 Å². The summed E-state index contributed by atoms with van der Waals surface area (Å²) in [5.41, 5.74) is 4.71. The van der Waals surface area contributed by atoms with Crippen LogP contribution in [0, 0.1) is 6.92 Å². The molecule has 7 aromatic rings. The molecule has 3 aliphatic carbocycles. The number of anilines is 4. The Bertz CT molecular complexity index is 3180. The molecule has 0 unspecified atom stereocenters. The van der Waals surface area contributed by atoms with Gasteiger partial charge in [0.1, 0.15) is 35.7 Å². The Morgan fingerprint density at radius 1 is 0.932 bits per heavy atom. The number of morpholine rings is 1. The van der Waals surface area contributed by atoms with Crippen LogP contribution in [0.3, 0.4) is 0 Å². The number of imidazole rings is 1. The summed E-state index contributed by atoms with van der Waals surface area (Å²) in [6.45, 7) is 9.02. The molecular weight excluding hydrogens is 947 g/mol. The van der Waals surface area contributed by atoms with Gasteiger partial charge in [0.15, 0.2) is 23.1 Å². The number of pyridine rings is 1. The highest BCUT2D eigenvalue weighted by atomic mass is 19.1. The number of aromatic amines is 1. The normalized spacial score (nSPS) is 22.5. The van der Waals surface area contributed by atoms with Crippen molar-refractivity contribution in [1.82, 2.24) is 69.5 Å². The number of hydrogen-bond donors (Lipinski definition) is 5. The number of rotatable bonds is 14. The lowest BCUT2D eigenvalue weighted by Crippen LogP contribution is -2.40. The number of nitrogens with one attached hydrogen (secondary N) is 5. The average Bonchev–Trinajstić information content (AvgIpc) is 4.10. The van der Waals surface area contributed by atoms with E-state index < -0.39 is 48.6 Å². The molecule has 24 heteroatoms. The third kappa shape index (κ3) is 9.81. The quantitative estimate of drug-likeness (QED) is 0.0765. The smallest absolute Gasteiger partial charge is 0.407 e. The largest absolute Gasteiger partial charge is 0.443 e. The second-order valence-electron chi connectivity index (χ2n) is 19.8. The number of halogens is 2. The van der Waals surface area contributed by atoms with Crippen molar-refractivity contribution in [2.24, 2.45) is 0 Å². The monoisotopic (exact) mass is 1000 g/mol. The minimum absolute atomic E-state index is 0.00208. The highest BCUT2D eigenvalue weighted by Crippen LogP contribution is 2.42. The molecule has 73 heavy (non-hydrogen) atoms. The van der Waals surface area contributed by atoms with Gasteiger partial charge in [0.2, 0.25) is 5.95 Å². The van der Waals surface area contributed by atoms with E-state index in [-0.39, 0.29) is 35.5 Å². The SMILES string of the molecule is Cc1nc(Nc2cc([C@H]3CC[C@@H](OC(=O)NC4(C)CC4)[C@H]3F)n(Cc3cn4nc(C(=O)N5CCOCC5)cc4c(Nc4cc([C@H]5CC[C@@H](OC(=O)NC(C)C)[C@H]5F)[nH]n4)n3)n2)n2ccnc2c1-c1cccnc1. The number of aromatic nitrogens is 11. The van der Waals surface area contributed by atoms with Crippen molar-refractivity contribution in [3.05, 3.63) is 89.8 Å². The van der Waals surface area contributed by atoms with E-state index in [0.29, 0.717) is 104 Å². The van der Waals surface area contributed by atoms with Gasteiger partial charge in [0.25, 0.3) is 5.91 Å². The van der Waals surface area contributed by atoms with E-state index >= 15 is 8.78 Å². The number of H-pyrrole nitrogens is 1. The van der Waals surface area contributed by atoms with Crippen LogP contribution < -0.4 is 21.3 Å². The van der Waals surface area contributed by atoms with Crippen molar-refractivity contribution in [3.8, 4) is 11.1 Å². The predicted octanol–water partition coefficient (Wildman–Crippen LogP) is 6.65. The van der Waals surface area contributed by atoms with Crippen molar-refractivity contribution in [2.45, 2.75) is 121 Å². The van der Waals surface area contributed by atoms with Crippen LogP contribution in [0.25, 0.3) is 22.3 Å². The molecule has 382 valence electrons. The lowest BCUT2D eigenvalue weighted by molar-refractivity contribution is 0.0298. The molecule has 1 aliphatic heterocycles. The zero-order chi connectivity index (χ0) is 50.5. The van der Waals surface area contributed by atoms with Crippen LogP contribution in [-0.2, 0) is 20.8 Å². The number of amides is 3. The molecule has 7 aromatic heterocycles. The Morgan fingerprint density at radius 2 is 1.70 bits per heavy atom. The molecule has 22 nitrogen and oxygen atoms in total. The number of carbonyl (C=O) groups excluding carboxylic acids is 3. The second-order valence-corrected chi connectivity index (χ2v) is 19.8. The Hall–Kier alpha value is -7.76. The van der Waals surface area contributed by atoms with Crippen LogP contribution in [0.2, 0.25) is 0 Å². The number of alkyl carbamates (subject to hydrolysis) is 2. The predicted molar refractivity (Wildman–Crippen MR) is 260 cm³/mol. The summed E-state index contributed by atoms with van der Waals surface area (Å²) in [6.07, 6.45) is 5.39. The lowest BCUT2D eigenvalue weighted by atomic mass is 10.0. The van der Waals surface area contributed by atoms with Crippen LogP contribution in [0.15, 0.2) is 61.3 Å². The van der Waals surface area contributed by atoms with Gasteiger partial charge in [0.05, 0.1) is 37.3 Å². The van der Waals surface area contributed by atoms with E-state index in [2.05, 4.69) is 41.4 Å². The fourth-order valence-corrected chi connectivity index (χ4v) is 10.0. The van der Waals surface area contributed by atoms with Crippen molar-refractivity contribution in [1.29, 1.82) is 0 Å². The molecule has 4 aliphatic rings.